The van der Waals surface area contributed by atoms with E-state index < -0.39 is 23.4 Å². The van der Waals surface area contributed by atoms with Crippen molar-refractivity contribution in [2.24, 2.45) is 5.10 Å². The van der Waals surface area contributed by atoms with Crippen molar-refractivity contribution in [3.63, 3.8) is 0 Å². The molecule has 1 aromatic rings. The number of rotatable bonds is 4. The van der Waals surface area contributed by atoms with E-state index in [1.165, 1.54) is 30.3 Å². The zero-order valence-electron chi connectivity index (χ0n) is 15.5. The molecule has 2 aliphatic heterocycles. The standard InChI is InChI=1S/C21H18F3N3O2/c1-2-26-14-8-7-10-15(26)9-3-4-11-16-19(21(22,23)24)25-27(20(16)29)17-12-5-6-13-18(17)28/h3-14,28H,2H2,1H3/b4-3-,15-9+,16-11+. The molecule has 2 aliphatic rings. The Morgan fingerprint density at radius 2 is 1.86 bits per heavy atom. The van der Waals surface area contributed by atoms with Crippen molar-refractivity contribution in [1.29, 1.82) is 0 Å². The van der Waals surface area contributed by atoms with Crippen LogP contribution in [-0.4, -0.2) is 34.3 Å². The van der Waals surface area contributed by atoms with Crippen molar-refractivity contribution in [2.75, 3.05) is 11.6 Å². The molecule has 29 heavy (non-hydrogen) atoms. The molecule has 1 amide bonds. The zero-order chi connectivity index (χ0) is 21.0. The normalized spacial score (nSPS) is 19.9. The molecule has 150 valence electrons. The van der Waals surface area contributed by atoms with Crippen LogP contribution in [0.15, 0.2) is 89.4 Å². The van der Waals surface area contributed by atoms with Gasteiger partial charge in [0.25, 0.3) is 5.91 Å². The number of aromatic hydroxyl groups is 1. The number of hydrazone groups is 1. The third-order valence-corrected chi connectivity index (χ3v) is 4.21. The molecule has 0 radical (unpaired) electrons. The fourth-order valence-electron chi connectivity index (χ4n) is 2.82. The number of hydrogen-bond donors (Lipinski definition) is 1. The van der Waals surface area contributed by atoms with Crippen LogP contribution in [0.3, 0.4) is 0 Å². The molecular weight excluding hydrogens is 383 g/mol. The lowest BCUT2D eigenvalue weighted by molar-refractivity contribution is -0.114. The van der Waals surface area contributed by atoms with Gasteiger partial charge in [0, 0.05) is 18.4 Å². The Kier molecular flexibility index (Phi) is 5.72. The van der Waals surface area contributed by atoms with Gasteiger partial charge in [-0.1, -0.05) is 30.4 Å². The Morgan fingerprint density at radius 3 is 2.55 bits per heavy atom. The Bertz CT molecular complexity index is 985. The van der Waals surface area contributed by atoms with E-state index in [4.69, 9.17) is 0 Å². The second kappa shape index (κ2) is 8.22. The molecular formula is C21H18F3N3O2. The average molecular weight is 401 g/mol. The Hall–Kier alpha value is -3.55. The molecule has 0 bridgehead atoms. The lowest BCUT2D eigenvalue weighted by Gasteiger charge is -2.21. The highest BCUT2D eigenvalue weighted by Crippen LogP contribution is 2.35. The Morgan fingerprint density at radius 1 is 1.14 bits per heavy atom. The minimum atomic E-state index is -4.82. The van der Waals surface area contributed by atoms with Crippen molar-refractivity contribution in [3.8, 4) is 5.75 Å². The van der Waals surface area contributed by atoms with Crippen molar-refractivity contribution in [1.82, 2.24) is 4.90 Å². The van der Waals surface area contributed by atoms with Crippen LogP contribution >= 0.6 is 0 Å². The summed E-state index contributed by atoms with van der Waals surface area (Å²) in [5, 5.41) is 13.8. The number of amides is 1. The minimum Gasteiger partial charge on any atom is -0.506 e. The second-order valence-corrected chi connectivity index (χ2v) is 6.10. The van der Waals surface area contributed by atoms with Crippen molar-refractivity contribution in [2.45, 2.75) is 13.1 Å². The van der Waals surface area contributed by atoms with Gasteiger partial charge < -0.3 is 10.0 Å². The smallest absolute Gasteiger partial charge is 0.435 e. The highest BCUT2D eigenvalue weighted by molar-refractivity contribution is 6.32. The number of hydrogen-bond acceptors (Lipinski definition) is 4. The number of para-hydroxylation sites is 2. The van der Waals surface area contributed by atoms with E-state index in [1.54, 1.807) is 12.2 Å². The maximum absolute atomic E-state index is 13.4. The molecule has 0 saturated carbocycles. The number of anilines is 1. The first-order valence-electron chi connectivity index (χ1n) is 8.81. The number of benzene rings is 1. The number of likely N-dealkylation sites (N-methyl/N-ethyl adjacent to an activating group) is 1. The van der Waals surface area contributed by atoms with Gasteiger partial charge in [-0.05, 0) is 43.4 Å². The molecule has 5 nitrogen and oxygen atoms in total. The molecule has 1 N–H and O–H groups in total. The third kappa shape index (κ3) is 4.31. The van der Waals surface area contributed by atoms with Crippen LogP contribution in [0.25, 0.3) is 0 Å². The van der Waals surface area contributed by atoms with E-state index in [1.807, 2.05) is 36.3 Å². The van der Waals surface area contributed by atoms with Crippen LogP contribution in [0.4, 0.5) is 18.9 Å². The summed E-state index contributed by atoms with van der Waals surface area (Å²) >= 11 is 0. The molecule has 3 rings (SSSR count). The van der Waals surface area contributed by atoms with Gasteiger partial charge in [0.1, 0.15) is 11.4 Å². The highest BCUT2D eigenvalue weighted by atomic mass is 19.4. The molecule has 0 aromatic heterocycles. The predicted octanol–water partition coefficient (Wildman–Crippen LogP) is 4.43. The van der Waals surface area contributed by atoms with E-state index in [-0.39, 0.29) is 11.4 Å². The summed E-state index contributed by atoms with van der Waals surface area (Å²) in [6.07, 6.45) is 8.38. The fourth-order valence-corrected chi connectivity index (χ4v) is 2.82. The Balaban J connectivity index is 1.90. The van der Waals surface area contributed by atoms with E-state index in [0.717, 1.165) is 18.3 Å². The molecule has 0 aliphatic carbocycles. The van der Waals surface area contributed by atoms with Gasteiger partial charge in [-0.15, -0.1) is 0 Å². The summed E-state index contributed by atoms with van der Waals surface area (Å²) in [6, 6.07) is 5.57. The lowest BCUT2D eigenvalue weighted by Crippen LogP contribution is -2.25. The van der Waals surface area contributed by atoms with Gasteiger partial charge in [-0.3, -0.25) is 4.79 Å². The number of halogens is 3. The summed E-state index contributed by atoms with van der Waals surface area (Å²) in [7, 11) is 0. The predicted molar refractivity (Wildman–Crippen MR) is 105 cm³/mol. The van der Waals surface area contributed by atoms with Gasteiger partial charge in [0.05, 0.1) is 5.57 Å². The first-order chi connectivity index (χ1) is 13.8. The third-order valence-electron chi connectivity index (χ3n) is 4.21. The molecule has 0 unspecified atom stereocenters. The van der Waals surface area contributed by atoms with Gasteiger partial charge >= 0.3 is 6.18 Å². The van der Waals surface area contributed by atoms with Crippen LogP contribution in [-0.2, 0) is 4.79 Å². The average Bonchev–Trinajstić information content (AvgIpc) is 3.02. The number of nitrogens with zero attached hydrogens (tertiary/aromatic N) is 3. The molecule has 0 atom stereocenters. The molecule has 2 heterocycles. The maximum atomic E-state index is 13.4. The summed E-state index contributed by atoms with van der Waals surface area (Å²) in [5.41, 5.74) is -1.16. The lowest BCUT2D eigenvalue weighted by atomic mass is 10.1. The number of alkyl halides is 3. The Labute approximate surface area is 165 Å². The fraction of sp³-hybridized carbons (Fsp3) is 0.143. The highest BCUT2D eigenvalue weighted by Gasteiger charge is 2.46. The van der Waals surface area contributed by atoms with Crippen LogP contribution < -0.4 is 5.01 Å². The van der Waals surface area contributed by atoms with E-state index in [2.05, 4.69) is 5.10 Å². The first-order valence-corrected chi connectivity index (χ1v) is 8.81. The SMILES string of the molecule is CCN1C=CC=C\C1=C/C=C\C=C1\C(=O)N(c2ccccc2O)N=C1C(F)(F)F. The monoisotopic (exact) mass is 401 g/mol. The van der Waals surface area contributed by atoms with Crippen LogP contribution in [0.2, 0.25) is 0 Å². The number of carbonyl (C=O) groups is 1. The van der Waals surface area contributed by atoms with Crippen LogP contribution in [0, 0.1) is 0 Å². The van der Waals surface area contributed by atoms with Crippen molar-refractivity contribution in [3.05, 3.63) is 84.3 Å². The summed E-state index contributed by atoms with van der Waals surface area (Å²) in [4.78, 5) is 14.5. The molecule has 0 saturated heterocycles. The molecule has 8 heteroatoms. The summed E-state index contributed by atoms with van der Waals surface area (Å²) < 4.78 is 40.2. The van der Waals surface area contributed by atoms with Crippen molar-refractivity contribution >= 4 is 17.3 Å². The van der Waals surface area contributed by atoms with Gasteiger partial charge in [0.15, 0.2) is 5.71 Å². The van der Waals surface area contributed by atoms with Gasteiger partial charge in [-0.2, -0.15) is 23.3 Å². The van der Waals surface area contributed by atoms with E-state index >= 15 is 0 Å². The number of phenolic OH excluding ortho intramolecular Hbond substituents is 1. The number of carbonyl (C=O) groups excluding carboxylic acids is 1. The zero-order valence-corrected chi connectivity index (χ0v) is 15.5. The molecule has 0 fully saturated rings. The van der Waals surface area contributed by atoms with Crippen LogP contribution in [0.5, 0.6) is 5.75 Å². The van der Waals surface area contributed by atoms with E-state index in [0.29, 0.717) is 5.01 Å². The van der Waals surface area contributed by atoms with Gasteiger partial charge in [0.2, 0.25) is 0 Å². The molecule has 0 spiro atoms. The first kappa shape index (κ1) is 20.2. The largest absolute Gasteiger partial charge is 0.506 e. The number of phenols is 1. The van der Waals surface area contributed by atoms with Crippen LogP contribution in [0.1, 0.15) is 6.92 Å². The molecule has 1 aromatic carbocycles. The topological polar surface area (TPSA) is 56.1 Å². The van der Waals surface area contributed by atoms with Crippen molar-refractivity contribution < 1.29 is 23.1 Å². The summed E-state index contributed by atoms with van der Waals surface area (Å²) in [6.45, 7) is 2.71. The second-order valence-electron chi connectivity index (χ2n) is 6.10. The quantitative estimate of drug-likeness (QED) is 0.760. The summed E-state index contributed by atoms with van der Waals surface area (Å²) in [5.74, 6) is -1.31. The van der Waals surface area contributed by atoms with E-state index in [9.17, 15) is 23.1 Å². The van der Waals surface area contributed by atoms with Gasteiger partial charge in [-0.25, -0.2) is 0 Å². The minimum absolute atomic E-state index is 0.119. The number of allylic oxidation sites excluding steroid dienone is 7. The maximum Gasteiger partial charge on any atom is 0.435 e.